The number of ether oxygens (including phenoxy) is 1. The Morgan fingerprint density at radius 3 is 3.36 bits per heavy atom. The second kappa shape index (κ2) is 3.53. The molecular weight excluding hydrogens is 202 g/mol. The third-order valence-electron chi connectivity index (χ3n) is 2.17. The number of methoxy groups -OCH3 is 1. The topological polar surface area (TPSA) is 67.9 Å². The standard InChI is InChI=1S/C8H11N3O2S/c1-13-8(12)11-4-2-3-5-6(11)10-7(9)14-5/h2-3,5-6H,4H2,1H3,(H2,9,10)/t5-,6+/m1/s1. The van der Waals surface area contributed by atoms with Gasteiger partial charge in [-0.05, 0) is 0 Å². The van der Waals surface area contributed by atoms with E-state index in [1.54, 1.807) is 4.90 Å². The molecule has 0 aliphatic carbocycles. The highest BCUT2D eigenvalue weighted by Gasteiger charge is 2.36. The molecule has 14 heavy (non-hydrogen) atoms. The molecule has 2 N–H and O–H groups in total. The number of rotatable bonds is 0. The van der Waals surface area contributed by atoms with Gasteiger partial charge in [0.05, 0.1) is 12.4 Å². The van der Waals surface area contributed by atoms with Crippen LogP contribution < -0.4 is 5.73 Å². The Balaban J connectivity index is 2.20. The fourth-order valence-corrected chi connectivity index (χ4v) is 2.50. The molecule has 76 valence electrons. The van der Waals surface area contributed by atoms with Gasteiger partial charge in [0.15, 0.2) is 5.17 Å². The molecule has 1 amide bonds. The van der Waals surface area contributed by atoms with E-state index in [1.807, 2.05) is 12.2 Å². The van der Waals surface area contributed by atoms with Gasteiger partial charge in [0.2, 0.25) is 0 Å². The fraction of sp³-hybridized carbons (Fsp3) is 0.500. The number of thioether (sulfide) groups is 1. The predicted molar refractivity (Wildman–Crippen MR) is 55.0 cm³/mol. The average Bonchev–Trinajstić information content (AvgIpc) is 2.56. The zero-order valence-electron chi connectivity index (χ0n) is 7.71. The quantitative estimate of drug-likeness (QED) is 0.591. The van der Waals surface area contributed by atoms with Crippen molar-refractivity contribution in [3.8, 4) is 0 Å². The van der Waals surface area contributed by atoms with Gasteiger partial charge in [-0.3, -0.25) is 4.90 Å². The van der Waals surface area contributed by atoms with Crippen LogP contribution in [0.1, 0.15) is 0 Å². The molecular formula is C8H11N3O2S. The first-order valence-electron chi connectivity index (χ1n) is 4.23. The van der Waals surface area contributed by atoms with Crippen molar-refractivity contribution in [2.24, 2.45) is 10.7 Å². The van der Waals surface area contributed by atoms with Crippen molar-refractivity contribution >= 4 is 23.0 Å². The van der Waals surface area contributed by atoms with E-state index >= 15 is 0 Å². The maximum Gasteiger partial charge on any atom is 0.411 e. The van der Waals surface area contributed by atoms with Gasteiger partial charge in [-0.25, -0.2) is 9.79 Å². The number of hydrogen-bond donors (Lipinski definition) is 1. The van der Waals surface area contributed by atoms with Crippen LogP contribution >= 0.6 is 11.8 Å². The fourth-order valence-electron chi connectivity index (χ4n) is 1.54. The molecule has 0 unspecified atom stereocenters. The van der Waals surface area contributed by atoms with Crippen LogP contribution in [0.2, 0.25) is 0 Å². The molecule has 0 saturated heterocycles. The zero-order valence-corrected chi connectivity index (χ0v) is 8.53. The Bertz CT molecular complexity index is 316. The molecule has 0 aromatic heterocycles. The number of amidine groups is 1. The van der Waals surface area contributed by atoms with Gasteiger partial charge in [-0.1, -0.05) is 23.9 Å². The highest BCUT2D eigenvalue weighted by Crippen LogP contribution is 2.31. The van der Waals surface area contributed by atoms with Crippen molar-refractivity contribution in [1.82, 2.24) is 4.90 Å². The minimum atomic E-state index is -0.358. The number of hydrogen-bond acceptors (Lipinski definition) is 5. The lowest BCUT2D eigenvalue weighted by Crippen LogP contribution is -2.45. The summed E-state index contributed by atoms with van der Waals surface area (Å²) in [6.07, 6.45) is 3.40. The predicted octanol–water partition coefficient (Wildman–Crippen LogP) is 0.381. The van der Waals surface area contributed by atoms with Gasteiger partial charge < -0.3 is 10.5 Å². The molecule has 5 nitrogen and oxygen atoms in total. The van der Waals surface area contributed by atoms with Gasteiger partial charge >= 0.3 is 6.09 Å². The minimum absolute atomic E-state index is 0.142. The molecule has 0 aromatic carbocycles. The Morgan fingerprint density at radius 1 is 1.86 bits per heavy atom. The lowest BCUT2D eigenvalue weighted by molar-refractivity contribution is 0.112. The number of aliphatic imine (C=N–C) groups is 1. The summed E-state index contributed by atoms with van der Waals surface area (Å²) in [6, 6.07) is 0. The monoisotopic (exact) mass is 213 g/mol. The third kappa shape index (κ3) is 1.45. The first kappa shape index (κ1) is 9.39. The maximum atomic E-state index is 11.4. The van der Waals surface area contributed by atoms with Crippen molar-refractivity contribution in [1.29, 1.82) is 0 Å². The Kier molecular flexibility index (Phi) is 2.37. The van der Waals surface area contributed by atoms with Crippen molar-refractivity contribution in [2.75, 3.05) is 13.7 Å². The van der Waals surface area contributed by atoms with E-state index in [0.717, 1.165) is 0 Å². The first-order chi connectivity index (χ1) is 6.72. The molecule has 0 spiro atoms. The molecule has 2 rings (SSSR count). The molecule has 2 heterocycles. The highest BCUT2D eigenvalue weighted by molar-refractivity contribution is 8.14. The van der Waals surface area contributed by atoms with Crippen LogP contribution in [0.3, 0.4) is 0 Å². The molecule has 2 atom stereocenters. The molecule has 2 aliphatic heterocycles. The largest absolute Gasteiger partial charge is 0.453 e. The maximum absolute atomic E-state index is 11.4. The number of nitrogens with zero attached hydrogens (tertiary/aromatic N) is 2. The lowest BCUT2D eigenvalue weighted by atomic mass is 10.2. The van der Waals surface area contributed by atoms with Crippen molar-refractivity contribution in [2.45, 2.75) is 11.4 Å². The average molecular weight is 213 g/mol. The Morgan fingerprint density at radius 2 is 2.64 bits per heavy atom. The van der Waals surface area contributed by atoms with Gasteiger partial charge in [-0.15, -0.1) is 0 Å². The SMILES string of the molecule is COC(=O)N1CC=C[C@H]2SC(N)=N[C@H]21. The van der Waals surface area contributed by atoms with Crippen LogP contribution in [0, 0.1) is 0 Å². The van der Waals surface area contributed by atoms with Gasteiger partial charge in [0.1, 0.15) is 6.17 Å². The Labute approximate surface area is 86.0 Å². The van der Waals surface area contributed by atoms with E-state index in [4.69, 9.17) is 5.73 Å². The summed E-state index contributed by atoms with van der Waals surface area (Å²) in [5.74, 6) is 0. The number of carbonyl (C=O) groups is 1. The lowest BCUT2D eigenvalue weighted by Gasteiger charge is -2.30. The number of amides is 1. The van der Waals surface area contributed by atoms with E-state index in [2.05, 4.69) is 9.73 Å². The van der Waals surface area contributed by atoms with Gasteiger partial charge in [-0.2, -0.15) is 0 Å². The third-order valence-corrected chi connectivity index (χ3v) is 3.19. The molecule has 6 heteroatoms. The Hall–Kier alpha value is -1.17. The van der Waals surface area contributed by atoms with Crippen LogP contribution in [0.15, 0.2) is 17.1 Å². The summed E-state index contributed by atoms with van der Waals surface area (Å²) >= 11 is 1.47. The normalized spacial score (nSPS) is 29.8. The molecule has 0 fully saturated rings. The van der Waals surface area contributed by atoms with Crippen LogP contribution in [-0.4, -0.2) is 41.2 Å². The van der Waals surface area contributed by atoms with Crippen LogP contribution in [0.4, 0.5) is 4.79 Å². The van der Waals surface area contributed by atoms with Crippen molar-refractivity contribution < 1.29 is 9.53 Å². The summed E-state index contributed by atoms with van der Waals surface area (Å²) in [5, 5.41) is 0.670. The second-order valence-electron chi connectivity index (χ2n) is 3.01. The van der Waals surface area contributed by atoms with Crippen molar-refractivity contribution in [3.63, 3.8) is 0 Å². The molecule has 0 bridgehead atoms. The summed E-state index contributed by atoms with van der Waals surface area (Å²) in [6.45, 7) is 0.533. The second-order valence-corrected chi connectivity index (χ2v) is 4.21. The van der Waals surface area contributed by atoms with E-state index < -0.39 is 0 Å². The zero-order chi connectivity index (χ0) is 10.1. The summed E-state index contributed by atoms with van der Waals surface area (Å²) in [5.41, 5.74) is 5.60. The van der Waals surface area contributed by atoms with Crippen molar-refractivity contribution in [3.05, 3.63) is 12.2 Å². The number of nitrogens with two attached hydrogens (primary N) is 1. The number of carbonyl (C=O) groups excluding carboxylic acids is 1. The first-order valence-corrected chi connectivity index (χ1v) is 5.11. The van der Waals surface area contributed by atoms with Gasteiger partial charge in [0.25, 0.3) is 0 Å². The molecule has 0 saturated carbocycles. The summed E-state index contributed by atoms with van der Waals surface area (Å²) < 4.78 is 4.67. The van der Waals surface area contributed by atoms with Crippen LogP contribution in [0.5, 0.6) is 0 Å². The van der Waals surface area contributed by atoms with Gasteiger partial charge in [0, 0.05) is 6.54 Å². The van der Waals surface area contributed by atoms with E-state index in [9.17, 15) is 4.79 Å². The van der Waals surface area contributed by atoms with E-state index in [0.29, 0.717) is 11.7 Å². The van der Waals surface area contributed by atoms with Crippen LogP contribution in [0.25, 0.3) is 0 Å². The van der Waals surface area contributed by atoms with E-state index in [-0.39, 0.29) is 17.5 Å². The number of fused-ring (bicyclic) bond motifs is 1. The summed E-state index contributed by atoms with van der Waals surface area (Å²) in [7, 11) is 1.37. The molecule has 0 radical (unpaired) electrons. The smallest absolute Gasteiger partial charge is 0.411 e. The van der Waals surface area contributed by atoms with E-state index in [1.165, 1.54) is 18.9 Å². The summed E-state index contributed by atoms with van der Waals surface area (Å²) in [4.78, 5) is 17.1. The minimum Gasteiger partial charge on any atom is -0.453 e. The van der Waals surface area contributed by atoms with Crippen LogP contribution in [-0.2, 0) is 4.74 Å². The highest BCUT2D eigenvalue weighted by atomic mass is 32.2. The molecule has 0 aromatic rings. The molecule has 2 aliphatic rings.